The summed E-state index contributed by atoms with van der Waals surface area (Å²) in [6.07, 6.45) is 5.30. The van der Waals surface area contributed by atoms with E-state index < -0.39 is 0 Å². The van der Waals surface area contributed by atoms with Crippen molar-refractivity contribution in [2.24, 2.45) is 12.8 Å². The molecule has 4 heteroatoms. The zero-order valence-electron chi connectivity index (χ0n) is 11.2. The van der Waals surface area contributed by atoms with E-state index in [-0.39, 0.29) is 6.04 Å². The van der Waals surface area contributed by atoms with Gasteiger partial charge < -0.3 is 10.5 Å². The maximum absolute atomic E-state index is 6.15. The second-order valence-corrected chi connectivity index (χ2v) is 5.13. The molecular weight excluding hydrogens is 238 g/mol. The standard InChI is InChI=1S/C15H19N3O/c1-18-8-7-12(17-18)10-19-13-6-5-11-3-2-4-15(16)14(11)9-13/h5-9,15H,2-4,10,16H2,1H3/t15-/m1/s1. The minimum Gasteiger partial charge on any atom is -0.487 e. The van der Waals surface area contributed by atoms with E-state index in [2.05, 4.69) is 17.2 Å². The molecule has 0 spiro atoms. The molecule has 19 heavy (non-hydrogen) atoms. The van der Waals surface area contributed by atoms with Crippen molar-refractivity contribution in [2.45, 2.75) is 31.9 Å². The van der Waals surface area contributed by atoms with Crippen LogP contribution in [-0.4, -0.2) is 9.78 Å². The average molecular weight is 257 g/mol. The van der Waals surface area contributed by atoms with Crippen molar-refractivity contribution < 1.29 is 4.74 Å². The molecule has 0 radical (unpaired) electrons. The van der Waals surface area contributed by atoms with Gasteiger partial charge in [-0.3, -0.25) is 4.68 Å². The number of hydrogen-bond donors (Lipinski definition) is 1. The Labute approximate surface area is 113 Å². The zero-order valence-corrected chi connectivity index (χ0v) is 11.2. The van der Waals surface area contributed by atoms with Crippen LogP contribution in [0.2, 0.25) is 0 Å². The van der Waals surface area contributed by atoms with E-state index in [0.29, 0.717) is 6.61 Å². The highest BCUT2D eigenvalue weighted by Crippen LogP contribution is 2.31. The molecule has 100 valence electrons. The van der Waals surface area contributed by atoms with Crippen LogP contribution in [0.25, 0.3) is 0 Å². The van der Waals surface area contributed by atoms with E-state index in [1.165, 1.54) is 17.5 Å². The summed E-state index contributed by atoms with van der Waals surface area (Å²) in [6, 6.07) is 8.37. The Morgan fingerprint density at radius 3 is 3.11 bits per heavy atom. The van der Waals surface area contributed by atoms with Crippen LogP contribution in [0.3, 0.4) is 0 Å². The van der Waals surface area contributed by atoms with Gasteiger partial charge in [0.15, 0.2) is 0 Å². The fourth-order valence-corrected chi connectivity index (χ4v) is 2.60. The van der Waals surface area contributed by atoms with Crippen molar-refractivity contribution in [1.29, 1.82) is 0 Å². The van der Waals surface area contributed by atoms with E-state index in [9.17, 15) is 0 Å². The molecule has 2 N–H and O–H groups in total. The largest absolute Gasteiger partial charge is 0.487 e. The van der Waals surface area contributed by atoms with Gasteiger partial charge in [-0.2, -0.15) is 5.10 Å². The van der Waals surface area contributed by atoms with Gasteiger partial charge in [-0.25, -0.2) is 0 Å². The molecule has 1 aromatic carbocycles. The molecule has 0 aliphatic heterocycles. The number of rotatable bonds is 3. The first kappa shape index (κ1) is 12.2. The first-order valence-corrected chi connectivity index (χ1v) is 6.72. The Balaban J connectivity index is 1.73. The monoisotopic (exact) mass is 257 g/mol. The summed E-state index contributed by atoms with van der Waals surface area (Å²) in [5.41, 5.74) is 9.69. The molecule has 0 saturated carbocycles. The third kappa shape index (κ3) is 2.63. The van der Waals surface area contributed by atoms with Gasteiger partial charge in [0.05, 0.1) is 5.69 Å². The summed E-state index contributed by atoms with van der Waals surface area (Å²) in [6.45, 7) is 0.495. The van der Waals surface area contributed by atoms with Gasteiger partial charge in [0.2, 0.25) is 0 Å². The number of ether oxygens (including phenoxy) is 1. The number of benzene rings is 1. The Morgan fingerprint density at radius 2 is 2.32 bits per heavy atom. The van der Waals surface area contributed by atoms with E-state index in [4.69, 9.17) is 10.5 Å². The normalized spacial score (nSPS) is 18.1. The fourth-order valence-electron chi connectivity index (χ4n) is 2.60. The smallest absolute Gasteiger partial charge is 0.132 e. The van der Waals surface area contributed by atoms with Crippen molar-refractivity contribution in [1.82, 2.24) is 9.78 Å². The predicted octanol–water partition coefficient (Wildman–Crippen LogP) is 2.34. The minimum absolute atomic E-state index is 0.155. The second-order valence-electron chi connectivity index (χ2n) is 5.13. The third-order valence-electron chi connectivity index (χ3n) is 3.63. The first-order chi connectivity index (χ1) is 9.22. The molecule has 1 aliphatic carbocycles. The molecule has 1 aromatic heterocycles. The van der Waals surface area contributed by atoms with E-state index >= 15 is 0 Å². The molecule has 3 rings (SSSR count). The number of aromatic nitrogens is 2. The summed E-state index contributed by atoms with van der Waals surface area (Å²) in [7, 11) is 1.90. The highest BCUT2D eigenvalue weighted by atomic mass is 16.5. The lowest BCUT2D eigenvalue weighted by Gasteiger charge is -2.22. The van der Waals surface area contributed by atoms with Crippen LogP contribution >= 0.6 is 0 Å². The maximum Gasteiger partial charge on any atom is 0.132 e. The minimum atomic E-state index is 0.155. The van der Waals surface area contributed by atoms with Crippen LogP contribution < -0.4 is 10.5 Å². The SMILES string of the molecule is Cn1ccc(COc2ccc3c(c2)[C@H](N)CCC3)n1. The molecule has 1 aliphatic rings. The fraction of sp³-hybridized carbons (Fsp3) is 0.400. The summed E-state index contributed by atoms with van der Waals surface area (Å²) < 4.78 is 7.57. The summed E-state index contributed by atoms with van der Waals surface area (Å²) in [4.78, 5) is 0. The Hall–Kier alpha value is -1.81. The van der Waals surface area contributed by atoms with Crippen molar-refractivity contribution in [3.63, 3.8) is 0 Å². The predicted molar refractivity (Wildman–Crippen MR) is 73.8 cm³/mol. The molecule has 0 fully saturated rings. The van der Waals surface area contributed by atoms with Gasteiger partial charge in [0, 0.05) is 19.3 Å². The lowest BCUT2D eigenvalue weighted by Crippen LogP contribution is -2.17. The van der Waals surface area contributed by atoms with E-state index in [1.807, 2.05) is 25.4 Å². The summed E-state index contributed by atoms with van der Waals surface area (Å²) >= 11 is 0. The molecular formula is C15H19N3O. The van der Waals surface area contributed by atoms with Gasteiger partial charge in [0.1, 0.15) is 12.4 Å². The van der Waals surface area contributed by atoms with E-state index in [0.717, 1.165) is 24.3 Å². The number of fused-ring (bicyclic) bond motifs is 1. The van der Waals surface area contributed by atoms with Gasteiger partial charge in [0.25, 0.3) is 0 Å². The van der Waals surface area contributed by atoms with Crippen LogP contribution in [-0.2, 0) is 20.1 Å². The van der Waals surface area contributed by atoms with Gasteiger partial charge in [-0.15, -0.1) is 0 Å². The Kier molecular flexibility index (Phi) is 3.25. The van der Waals surface area contributed by atoms with Crippen LogP contribution in [0, 0.1) is 0 Å². The highest BCUT2D eigenvalue weighted by Gasteiger charge is 2.17. The van der Waals surface area contributed by atoms with Gasteiger partial charge in [-0.1, -0.05) is 6.07 Å². The molecule has 0 unspecified atom stereocenters. The molecule has 0 saturated heterocycles. The summed E-state index contributed by atoms with van der Waals surface area (Å²) in [5.74, 6) is 0.877. The van der Waals surface area contributed by atoms with Crippen LogP contribution in [0.5, 0.6) is 5.75 Å². The lowest BCUT2D eigenvalue weighted by molar-refractivity contribution is 0.299. The number of aryl methyl sites for hydroxylation is 2. The average Bonchev–Trinajstić information content (AvgIpc) is 2.83. The van der Waals surface area contributed by atoms with Crippen molar-refractivity contribution >= 4 is 0 Å². The van der Waals surface area contributed by atoms with Crippen LogP contribution in [0.1, 0.15) is 35.7 Å². The molecule has 0 amide bonds. The van der Waals surface area contributed by atoms with Crippen molar-refractivity contribution in [3.8, 4) is 5.75 Å². The highest BCUT2D eigenvalue weighted by molar-refractivity contribution is 5.39. The number of nitrogens with zero attached hydrogens (tertiary/aromatic N) is 2. The maximum atomic E-state index is 6.15. The van der Waals surface area contributed by atoms with Gasteiger partial charge in [-0.05, 0) is 48.6 Å². The summed E-state index contributed by atoms with van der Waals surface area (Å²) in [5, 5.41) is 4.30. The first-order valence-electron chi connectivity index (χ1n) is 6.72. The van der Waals surface area contributed by atoms with E-state index in [1.54, 1.807) is 4.68 Å². The Bertz CT molecular complexity index is 577. The molecule has 1 atom stereocenters. The van der Waals surface area contributed by atoms with Crippen molar-refractivity contribution in [2.75, 3.05) is 0 Å². The third-order valence-corrected chi connectivity index (χ3v) is 3.63. The van der Waals surface area contributed by atoms with Crippen molar-refractivity contribution in [3.05, 3.63) is 47.3 Å². The van der Waals surface area contributed by atoms with Crippen LogP contribution in [0.4, 0.5) is 0 Å². The van der Waals surface area contributed by atoms with Gasteiger partial charge >= 0.3 is 0 Å². The topological polar surface area (TPSA) is 53.1 Å². The zero-order chi connectivity index (χ0) is 13.2. The molecule has 0 bridgehead atoms. The molecule has 4 nitrogen and oxygen atoms in total. The van der Waals surface area contributed by atoms with Crippen LogP contribution in [0.15, 0.2) is 30.5 Å². The number of nitrogens with two attached hydrogens (primary N) is 1. The quantitative estimate of drug-likeness (QED) is 0.918. The molecule has 2 aromatic rings. The lowest BCUT2D eigenvalue weighted by atomic mass is 9.88. The second kappa shape index (κ2) is 5.05. The number of hydrogen-bond acceptors (Lipinski definition) is 3. The molecule has 1 heterocycles. The Morgan fingerprint density at radius 1 is 1.42 bits per heavy atom.